The van der Waals surface area contributed by atoms with Crippen molar-refractivity contribution in [1.82, 2.24) is 5.32 Å². The molecule has 0 spiro atoms. The maximum absolute atomic E-state index is 12.5. The highest BCUT2D eigenvalue weighted by Gasteiger charge is 2.29. The van der Waals surface area contributed by atoms with E-state index in [-0.39, 0.29) is 11.9 Å². The van der Waals surface area contributed by atoms with Crippen molar-refractivity contribution in [1.29, 1.82) is 0 Å². The predicted octanol–water partition coefficient (Wildman–Crippen LogP) is 3.60. The molecule has 0 radical (unpaired) electrons. The molecule has 1 saturated carbocycles. The number of rotatable bonds is 8. The van der Waals surface area contributed by atoms with Crippen molar-refractivity contribution in [3.8, 4) is 17.2 Å². The lowest BCUT2D eigenvalue weighted by Crippen LogP contribution is -2.47. The zero-order valence-electron chi connectivity index (χ0n) is 18.7. The molecule has 1 aliphatic rings. The highest BCUT2D eigenvalue weighted by molar-refractivity contribution is 5.90. The van der Waals surface area contributed by atoms with Gasteiger partial charge in [0.1, 0.15) is 0 Å². The number of amides is 1. The summed E-state index contributed by atoms with van der Waals surface area (Å²) in [5.41, 5.74) is 0.670. The van der Waals surface area contributed by atoms with E-state index in [1.807, 2.05) is 0 Å². The van der Waals surface area contributed by atoms with Crippen LogP contribution in [0.3, 0.4) is 0 Å². The van der Waals surface area contributed by atoms with Crippen molar-refractivity contribution in [3.63, 3.8) is 0 Å². The van der Waals surface area contributed by atoms with Gasteiger partial charge in [0.15, 0.2) is 17.6 Å². The third-order valence-corrected chi connectivity index (χ3v) is 5.80. The molecule has 1 aromatic carbocycles. The van der Waals surface area contributed by atoms with E-state index in [1.54, 1.807) is 25.1 Å². The van der Waals surface area contributed by atoms with Crippen molar-refractivity contribution >= 4 is 18.0 Å². The van der Waals surface area contributed by atoms with E-state index in [4.69, 9.17) is 18.9 Å². The normalized spacial score (nSPS) is 22.3. The molecule has 166 valence electrons. The smallest absolute Gasteiger partial charge is 0.331 e. The fourth-order valence-electron chi connectivity index (χ4n) is 3.71. The first-order valence-corrected chi connectivity index (χ1v) is 10.3. The number of benzene rings is 1. The number of nitrogens with one attached hydrogen (secondary N) is 1. The van der Waals surface area contributed by atoms with Gasteiger partial charge in [0.2, 0.25) is 5.75 Å². The SMILES string of the molecule is COc1cc(/C=C/C(=O)O[C@H](C)C(=O)N[C@@H]2CCC[C@H](C)[C@H]2C)cc(OC)c1OC. The summed E-state index contributed by atoms with van der Waals surface area (Å²) in [6.45, 7) is 5.95. The lowest BCUT2D eigenvalue weighted by atomic mass is 9.78. The summed E-state index contributed by atoms with van der Waals surface area (Å²) in [5, 5.41) is 3.03. The Hall–Kier alpha value is -2.70. The van der Waals surface area contributed by atoms with Gasteiger partial charge in [-0.3, -0.25) is 4.79 Å². The van der Waals surface area contributed by atoms with Gasteiger partial charge >= 0.3 is 5.97 Å². The molecule has 0 bridgehead atoms. The van der Waals surface area contributed by atoms with Gasteiger partial charge in [0.25, 0.3) is 5.91 Å². The summed E-state index contributed by atoms with van der Waals surface area (Å²) in [7, 11) is 4.56. The minimum Gasteiger partial charge on any atom is -0.493 e. The molecular weight excluding hydrogens is 386 g/mol. The second kappa shape index (κ2) is 10.9. The van der Waals surface area contributed by atoms with Crippen LogP contribution in [0.2, 0.25) is 0 Å². The fourth-order valence-corrected chi connectivity index (χ4v) is 3.71. The van der Waals surface area contributed by atoms with Crippen molar-refractivity contribution < 1.29 is 28.5 Å². The molecule has 0 heterocycles. The van der Waals surface area contributed by atoms with Crippen LogP contribution in [0.15, 0.2) is 18.2 Å². The van der Waals surface area contributed by atoms with Crippen LogP contribution in [0.4, 0.5) is 0 Å². The van der Waals surface area contributed by atoms with Gasteiger partial charge in [-0.05, 0) is 49.0 Å². The number of esters is 1. The standard InChI is InChI=1S/C23H33NO6/c1-14-8-7-9-18(15(14)2)24-23(26)16(3)30-21(25)11-10-17-12-19(27-4)22(29-6)20(13-17)28-5/h10-16,18H,7-9H2,1-6H3,(H,24,26)/b11-10+/t14-,15+,16+,18+/m0/s1. The van der Waals surface area contributed by atoms with Gasteiger partial charge in [0, 0.05) is 12.1 Å². The molecule has 1 aliphatic carbocycles. The first-order valence-electron chi connectivity index (χ1n) is 10.3. The lowest BCUT2D eigenvalue weighted by Gasteiger charge is -2.35. The van der Waals surface area contributed by atoms with Crippen LogP contribution in [-0.2, 0) is 14.3 Å². The fraction of sp³-hybridized carbons (Fsp3) is 0.565. The molecule has 4 atom stereocenters. The van der Waals surface area contributed by atoms with Crippen molar-refractivity contribution in [3.05, 3.63) is 23.8 Å². The summed E-state index contributed by atoms with van der Waals surface area (Å²) in [6.07, 6.45) is 5.22. The summed E-state index contributed by atoms with van der Waals surface area (Å²) >= 11 is 0. The second-order valence-electron chi connectivity index (χ2n) is 7.75. The van der Waals surface area contributed by atoms with Gasteiger partial charge in [-0.25, -0.2) is 4.79 Å². The average Bonchev–Trinajstić information content (AvgIpc) is 2.74. The van der Waals surface area contributed by atoms with E-state index in [9.17, 15) is 9.59 Å². The average molecular weight is 420 g/mol. The molecule has 0 saturated heterocycles. The third kappa shape index (κ3) is 5.90. The molecule has 1 aromatic rings. The van der Waals surface area contributed by atoms with E-state index in [1.165, 1.54) is 33.8 Å². The van der Waals surface area contributed by atoms with Crippen LogP contribution < -0.4 is 19.5 Å². The molecule has 0 unspecified atom stereocenters. The van der Waals surface area contributed by atoms with Gasteiger partial charge in [0.05, 0.1) is 21.3 Å². The Labute approximate surface area is 178 Å². The zero-order chi connectivity index (χ0) is 22.3. The van der Waals surface area contributed by atoms with Crippen LogP contribution in [0, 0.1) is 11.8 Å². The number of carbonyl (C=O) groups is 2. The summed E-state index contributed by atoms with van der Waals surface area (Å²) < 4.78 is 21.2. The topological polar surface area (TPSA) is 83.1 Å². The Morgan fingerprint density at radius 3 is 2.27 bits per heavy atom. The summed E-state index contributed by atoms with van der Waals surface area (Å²) in [4.78, 5) is 24.6. The molecule has 7 nitrogen and oxygen atoms in total. The first-order chi connectivity index (χ1) is 14.3. The van der Waals surface area contributed by atoms with Gasteiger partial charge < -0.3 is 24.3 Å². The van der Waals surface area contributed by atoms with E-state index >= 15 is 0 Å². The highest BCUT2D eigenvalue weighted by atomic mass is 16.5. The quantitative estimate of drug-likeness (QED) is 0.512. The first kappa shape index (κ1) is 23.6. The van der Waals surface area contributed by atoms with Crippen LogP contribution in [0.5, 0.6) is 17.2 Å². The van der Waals surface area contributed by atoms with Crippen LogP contribution >= 0.6 is 0 Å². The Bertz CT molecular complexity index is 750. The minimum absolute atomic E-state index is 0.122. The molecule has 30 heavy (non-hydrogen) atoms. The predicted molar refractivity (Wildman–Crippen MR) is 115 cm³/mol. The van der Waals surface area contributed by atoms with Crippen LogP contribution in [-0.4, -0.2) is 45.4 Å². The number of hydrogen-bond acceptors (Lipinski definition) is 6. The third-order valence-electron chi connectivity index (χ3n) is 5.80. The van der Waals surface area contributed by atoms with Crippen molar-refractivity contribution in [2.75, 3.05) is 21.3 Å². The molecule has 7 heteroatoms. The molecule has 1 fully saturated rings. The Morgan fingerprint density at radius 1 is 1.07 bits per heavy atom. The molecule has 1 N–H and O–H groups in total. The van der Waals surface area contributed by atoms with E-state index in [2.05, 4.69) is 19.2 Å². The number of ether oxygens (including phenoxy) is 4. The lowest BCUT2D eigenvalue weighted by molar-refractivity contribution is -0.150. The van der Waals surface area contributed by atoms with Crippen LogP contribution in [0.25, 0.3) is 6.08 Å². The molecular formula is C23H33NO6. The number of methoxy groups -OCH3 is 3. The largest absolute Gasteiger partial charge is 0.493 e. The van der Waals surface area contributed by atoms with E-state index in [0.717, 1.165) is 12.8 Å². The molecule has 2 rings (SSSR count). The monoisotopic (exact) mass is 419 g/mol. The minimum atomic E-state index is -0.869. The summed E-state index contributed by atoms with van der Waals surface area (Å²) in [6, 6.07) is 3.55. The maximum Gasteiger partial charge on any atom is 0.331 e. The Morgan fingerprint density at radius 2 is 1.70 bits per heavy atom. The Kier molecular flexibility index (Phi) is 8.57. The van der Waals surface area contributed by atoms with Crippen LogP contribution in [0.1, 0.15) is 45.6 Å². The van der Waals surface area contributed by atoms with Gasteiger partial charge in [-0.2, -0.15) is 0 Å². The van der Waals surface area contributed by atoms with Crippen molar-refractivity contribution in [2.45, 2.75) is 52.2 Å². The van der Waals surface area contributed by atoms with E-state index in [0.29, 0.717) is 34.6 Å². The second-order valence-corrected chi connectivity index (χ2v) is 7.75. The molecule has 0 aromatic heterocycles. The Balaban J connectivity index is 1.97. The summed E-state index contributed by atoms with van der Waals surface area (Å²) in [5.74, 6) is 1.54. The molecule has 1 amide bonds. The van der Waals surface area contributed by atoms with Gasteiger partial charge in [-0.15, -0.1) is 0 Å². The molecule has 0 aliphatic heterocycles. The number of carbonyl (C=O) groups excluding carboxylic acids is 2. The highest BCUT2D eigenvalue weighted by Crippen LogP contribution is 2.38. The number of hydrogen-bond donors (Lipinski definition) is 1. The zero-order valence-corrected chi connectivity index (χ0v) is 18.7. The van der Waals surface area contributed by atoms with Crippen molar-refractivity contribution in [2.24, 2.45) is 11.8 Å². The maximum atomic E-state index is 12.5. The van der Waals surface area contributed by atoms with Gasteiger partial charge in [-0.1, -0.05) is 26.7 Å². The van der Waals surface area contributed by atoms with E-state index < -0.39 is 12.1 Å².